The molecule has 3 rings (SSSR count). The highest BCUT2D eigenvalue weighted by atomic mass is 79.9. The van der Waals surface area contributed by atoms with Crippen LogP contribution in [0, 0.1) is 10.7 Å². The molecule has 1 aliphatic rings. The van der Waals surface area contributed by atoms with Crippen molar-refractivity contribution in [3.63, 3.8) is 0 Å². The first-order valence-electron chi connectivity index (χ1n) is 8.61. The number of nitrogens with one attached hydrogen (secondary N) is 1. The molecule has 0 bridgehead atoms. The van der Waals surface area contributed by atoms with Crippen LogP contribution in [0.25, 0.3) is 11.4 Å². The maximum absolute atomic E-state index is 11.9. The fourth-order valence-electron chi connectivity index (χ4n) is 3.26. The van der Waals surface area contributed by atoms with E-state index < -0.39 is 9.84 Å². The molecule has 1 aromatic heterocycles. The SMILES string of the molecule is CC(C)CN(Cn1[nH]c(-c2ccccc2Br)nc1=S)C1CCS(=O)(=O)C1. The summed E-state index contributed by atoms with van der Waals surface area (Å²) in [5, 5.41) is 3.27. The van der Waals surface area contributed by atoms with Crippen molar-refractivity contribution in [1.29, 1.82) is 0 Å². The molecule has 1 unspecified atom stereocenters. The molecule has 0 saturated carbocycles. The second kappa shape index (κ2) is 7.92. The fraction of sp³-hybridized carbons (Fsp3) is 0.529. The van der Waals surface area contributed by atoms with Gasteiger partial charge >= 0.3 is 0 Å². The Kier molecular flexibility index (Phi) is 6.01. The van der Waals surface area contributed by atoms with E-state index in [0.29, 0.717) is 29.6 Å². The van der Waals surface area contributed by atoms with Gasteiger partial charge in [-0.25, -0.2) is 13.1 Å². The second-order valence-corrected chi connectivity index (χ2v) is 10.6. The van der Waals surface area contributed by atoms with E-state index in [2.05, 4.69) is 44.8 Å². The van der Waals surface area contributed by atoms with Crippen LogP contribution in [0.4, 0.5) is 0 Å². The van der Waals surface area contributed by atoms with Gasteiger partial charge in [0.25, 0.3) is 0 Å². The Morgan fingerprint density at radius 1 is 1.42 bits per heavy atom. The van der Waals surface area contributed by atoms with Gasteiger partial charge in [0.15, 0.2) is 15.7 Å². The zero-order valence-corrected chi connectivity index (χ0v) is 18.1. The number of rotatable bonds is 6. The molecule has 142 valence electrons. The van der Waals surface area contributed by atoms with E-state index >= 15 is 0 Å². The normalized spacial score (nSPS) is 19.5. The smallest absolute Gasteiger partial charge is 0.217 e. The van der Waals surface area contributed by atoms with Crippen molar-refractivity contribution in [3.05, 3.63) is 33.5 Å². The van der Waals surface area contributed by atoms with Gasteiger partial charge in [-0.1, -0.05) is 48.0 Å². The molecule has 1 saturated heterocycles. The minimum Gasteiger partial charge on any atom is -0.280 e. The van der Waals surface area contributed by atoms with E-state index in [-0.39, 0.29) is 17.5 Å². The third-order valence-electron chi connectivity index (χ3n) is 4.46. The Morgan fingerprint density at radius 3 is 2.77 bits per heavy atom. The van der Waals surface area contributed by atoms with Crippen LogP contribution in [0.15, 0.2) is 28.7 Å². The molecule has 1 aliphatic heterocycles. The maximum Gasteiger partial charge on any atom is 0.217 e. The number of aromatic amines is 1. The van der Waals surface area contributed by atoms with Crippen molar-refractivity contribution in [2.45, 2.75) is 33.0 Å². The summed E-state index contributed by atoms with van der Waals surface area (Å²) in [6, 6.07) is 7.85. The van der Waals surface area contributed by atoms with Gasteiger partial charge in [-0.2, -0.15) is 4.98 Å². The highest BCUT2D eigenvalue weighted by molar-refractivity contribution is 9.10. The molecule has 1 fully saturated rings. The minimum absolute atomic E-state index is 0.0273. The molecule has 2 heterocycles. The van der Waals surface area contributed by atoms with Crippen LogP contribution in [0.1, 0.15) is 20.3 Å². The molecular weight excluding hydrogens is 436 g/mol. The third kappa shape index (κ3) is 4.62. The summed E-state index contributed by atoms with van der Waals surface area (Å²) in [5.41, 5.74) is 0.941. The molecule has 2 aromatic rings. The zero-order valence-electron chi connectivity index (χ0n) is 14.9. The summed E-state index contributed by atoms with van der Waals surface area (Å²) in [7, 11) is -2.93. The molecule has 0 radical (unpaired) electrons. The summed E-state index contributed by atoms with van der Waals surface area (Å²) < 4.78 is 27.0. The van der Waals surface area contributed by atoms with Crippen molar-refractivity contribution < 1.29 is 8.42 Å². The monoisotopic (exact) mass is 458 g/mol. The van der Waals surface area contributed by atoms with E-state index in [0.717, 1.165) is 16.6 Å². The first-order valence-corrected chi connectivity index (χ1v) is 11.6. The minimum atomic E-state index is -2.93. The molecule has 1 atom stereocenters. The van der Waals surface area contributed by atoms with Crippen molar-refractivity contribution in [3.8, 4) is 11.4 Å². The van der Waals surface area contributed by atoms with Crippen molar-refractivity contribution in [2.24, 2.45) is 5.92 Å². The first-order chi connectivity index (χ1) is 12.2. The first kappa shape index (κ1) is 19.7. The van der Waals surface area contributed by atoms with E-state index in [1.807, 2.05) is 28.9 Å². The number of benzene rings is 1. The van der Waals surface area contributed by atoms with Crippen LogP contribution in [-0.2, 0) is 16.5 Å². The Labute approximate surface area is 167 Å². The number of halogens is 1. The van der Waals surface area contributed by atoms with Crippen molar-refractivity contribution >= 4 is 38.0 Å². The van der Waals surface area contributed by atoms with Gasteiger partial charge < -0.3 is 0 Å². The lowest BCUT2D eigenvalue weighted by Gasteiger charge is -2.29. The lowest BCUT2D eigenvalue weighted by molar-refractivity contribution is 0.137. The summed E-state index contributed by atoms with van der Waals surface area (Å²) in [6.45, 7) is 5.59. The lowest BCUT2D eigenvalue weighted by Crippen LogP contribution is -2.40. The quantitative estimate of drug-likeness (QED) is 0.670. The molecule has 0 amide bonds. The van der Waals surface area contributed by atoms with Gasteiger partial charge in [0, 0.05) is 22.6 Å². The van der Waals surface area contributed by atoms with Gasteiger partial charge in [-0.15, -0.1) is 0 Å². The van der Waals surface area contributed by atoms with Crippen LogP contribution in [-0.4, -0.2) is 52.2 Å². The molecule has 0 aliphatic carbocycles. The number of sulfone groups is 1. The third-order valence-corrected chi connectivity index (χ3v) is 7.21. The van der Waals surface area contributed by atoms with E-state index in [1.165, 1.54) is 0 Å². The van der Waals surface area contributed by atoms with E-state index in [1.54, 1.807) is 0 Å². The Balaban J connectivity index is 1.85. The highest BCUT2D eigenvalue weighted by Crippen LogP contribution is 2.25. The van der Waals surface area contributed by atoms with Crippen LogP contribution < -0.4 is 0 Å². The fourth-order valence-corrected chi connectivity index (χ4v) is 5.69. The van der Waals surface area contributed by atoms with Gasteiger partial charge in [0.05, 0.1) is 18.2 Å². The van der Waals surface area contributed by atoms with Crippen molar-refractivity contribution in [1.82, 2.24) is 19.7 Å². The molecule has 0 spiro atoms. The number of nitrogens with zero attached hydrogens (tertiary/aromatic N) is 3. The summed E-state index contributed by atoms with van der Waals surface area (Å²) in [5.74, 6) is 1.62. The number of aromatic nitrogens is 3. The largest absolute Gasteiger partial charge is 0.280 e. The topological polar surface area (TPSA) is 71.0 Å². The van der Waals surface area contributed by atoms with Crippen LogP contribution in [0.5, 0.6) is 0 Å². The average Bonchev–Trinajstić information content (AvgIpc) is 3.09. The number of H-pyrrole nitrogens is 1. The number of hydrogen-bond acceptors (Lipinski definition) is 5. The Hall–Kier alpha value is -1.03. The van der Waals surface area contributed by atoms with Crippen molar-refractivity contribution in [2.75, 3.05) is 18.1 Å². The van der Waals surface area contributed by atoms with E-state index in [4.69, 9.17) is 12.2 Å². The molecule has 6 nitrogen and oxygen atoms in total. The lowest BCUT2D eigenvalue weighted by atomic mass is 10.1. The Bertz CT molecular complexity index is 936. The predicted octanol–water partition coefficient (Wildman–Crippen LogP) is 3.47. The van der Waals surface area contributed by atoms with Gasteiger partial charge in [0.1, 0.15) is 0 Å². The molecule has 1 N–H and O–H groups in total. The van der Waals surface area contributed by atoms with Crippen LogP contribution >= 0.6 is 28.1 Å². The predicted molar refractivity (Wildman–Crippen MR) is 109 cm³/mol. The van der Waals surface area contributed by atoms with E-state index in [9.17, 15) is 8.42 Å². The van der Waals surface area contributed by atoms with Gasteiger partial charge in [-0.05, 0) is 30.6 Å². The average molecular weight is 459 g/mol. The summed E-state index contributed by atoms with van der Waals surface area (Å²) in [4.78, 5) is 6.68. The molecule has 9 heteroatoms. The number of hydrogen-bond donors (Lipinski definition) is 1. The summed E-state index contributed by atoms with van der Waals surface area (Å²) in [6.07, 6.45) is 0.674. The van der Waals surface area contributed by atoms with Gasteiger partial charge in [-0.3, -0.25) is 10.00 Å². The molecule has 26 heavy (non-hydrogen) atoms. The second-order valence-electron chi connectivity index (χ2n) is 7.13. The standard InChI is InChI=1S/C17H23BrN4O2S2/c1-12(2)9-21(13-7-8-26(23,24)10-13)11-22-17(25)19-16(20-22)14-5-3-4-6-15(14)18/h3-6,12-13H,7-11H2,1-2H3,(H,19,20,25). The zero-order chi connectivity index (χ0) is 18.9. The molecular formula is C17H23BrN4O2S2. The van der Waals surface area contributed by atoms with Crippen LogP contribution in [0.3, 0.4) is 0 Å². The maximum atomic E-state index is 11.9. The highest BCUT2D eigenvalue weighted by Gasteiger charge is 2.32. The van der Waals surface area contributed by atoms with Gasteiger partial charge in [0.2, 0.25) is 4.77 Å². The Morgan fingerprint density at radius 2 is 2.15 bits per heavy atom. The molecule has 1 aromatic carbocycles. The summed E-state index contributed by atoms with van der Waals surface area (Å²) >= 11 is 8.96. The van der Waals surface area contributed by atoms with Crippen LogP contribution in [0.2, 0.25) is 0 Å².